The van der Waals surface area contributed by atoms with E-state index in [1.54, 1.807) is 19.2 Å². The van der Waals surface area contributed by atoms with Gasteiger partial charge in [0, 0.05) is 12.6 Å². The third-order valence-electron chi connectivity index (χ3n) is 4.50. The zero-order valence-electron chi connectivity index (χ0n) is 15.9. The smallest absolute Gasteiger partial charge is 0.175 e. The van der Waals surface area contributed by atoms with E-state index in [0.29, 0.717) is 24.7 Å². The predicted octanol–water partition coefficient (Wildman–Crippen LogP) is 6.03. The van der Waals surface area contributed by atoms with E-state index in [-0.39, 0.29) is 11.9 Å². The molecule has 0 spiro atoms. The Morgan fingerprint density at radius 1 is 1.00 bits per heavy atom. The Morgan fingerprint density at radius 3 is 2.39 bits per heavy atom. The van der Waals surface area contributed by atoms with Crippen LogP contribution in [0.4, 0.5) is 4.39 Å². The summed E-state index contributed by atoms with van der Waals surface area (Å²) >= 11 is 3.58. The van der Waals surface area contributed by atoms with Gasteiger partial charge in [-0.15, -0.1) is 0 Å². The molecule has 0 saturated heterocycles. The van der Waals surface area contributed by atoms with Crippen LogP contribution in [0.15, 0.2) is 71.2 Å². The van der Waals surface area contributed by atoms with Gasteiger partial charge in [-0.1, -0.05) is 42.5 Å². The first kappa shape index (κ1) is 20.4. The van der Waals surface area contributed by atoms with Gasteiger partial charge in [-0.25, -0.2) is 4.39 Å². The summed E-state index contributed by atoms with van der Waals surface area (Å²) in [4.78, 5) is 0. The second kappa shape index (κ2) is 9.71. The fourth-order valence-electron chi connectivity index (χ4n) is 2.88. The molecule has 0 unspecified atom stereocenters. The van der Waals surface area contributed by atoms with Crippen molar-refractivity contribution in [2.45, 2.75) is 26.1 Å². The number of hydrogen-bond donors (Lipinski definition) is 1. The molecule has 0 bridgehead atoms. The molecule has 0 aliphatic carbocycles. The highest BCUT2D eigenvalue weighted by molar-refractivity contribution is 9.10. The SMILES string of the molecule is COc1cc(CN[C@H](C)c2ccccc2)cc(Br)c1OCc1ccc(F)cc1. The third-order valence-corrected chi connectivity index (χ3v) is 5.09. The molecular weight excluding hydrogens is 421 g/mol. The molecule has 3 rings (SSSR count). The average Bonchev–Trinajstić information content (AvgIpc) is 2.72. The maximum absolute atomic E-state index is 13.0. The van der Waals surface area contributed by atoms with E-state index in [4.69, 9.17) is 9.47 Å². The normalized spacial score (nSPS) is 11.9. The molecule has 1 atom stereocenters. The monoisotopic (exact) mass is 443 g/mol. The topological polar surface area (TPSA) is 30.5 Å². The fourth-order valence-corrected chi connectivity index (χ4v) is 3.49. The quantitative estimate of drug-likeness (QED) is 0.461. The van der Waals surface area contributed by atoms with Crippen LogP contribution in [0.1, 0.15) is 29.7 Å². The average molecular weight is 444 g/mol. The molecule has 3 aromatic carbocycles. The molecule has 0 radical (unpaired) electrons. The third kappa shape index (κ3) is 5.33. The highest BCUT2D eigenvalue weighted by Gasteiger charge is 2.13. The lowest BCUT2D eigenvalue weighted by atomic mass is 10.1. The molecule has 5 heteroatoms. The van der Waals surface area contributed by atoms with Crippen LogP contribution in [0.3, 0.4) is 0 Å². The predicted molar refractivity (Wildman–Crippen MR) is 113 cm³/mol. The van der Waals surface area contributed by atoms with E-state index in [1.165, 1.54) is 17.7 Å². The van der Waals surface area contributed by atoms with Crippen LogP contribution in [0.2, 0.25) is 0 Å². The van der Waals surface area contributed by atoms with E-state index >= 15 is 0 Å². The van der Waals surface area contributed by atoms with Crippen molar-refractivity contribution in [1.82, 2.24) is 5.32 Å². The number of nitrogens with one attached hydrogen (secondary N) is 1. The molecule has 0 aromatic heterocycles. The lowest BCUT2D eigenvalue weighted by molar-refractivity contribution is 0.282. The second-order valence-electron chi connectivity index (χ2n) is 6.54. The molecule has 28 heavy (non-hydrogen) atoms. The summed E-state index contributed by atoms with van der Waals surface area (Å²) in [6.45, 7) is 3.17. The summed E-state index contributed by atoms with van der Waals surface area (Å²) in [5.41, 5.74) is 3.21. The zero-order chi connectivity index (χ0) is 19.9. The maximum atomic E-state index is 13.0. The number of hydrogen-bond acceptors (Lipinski definition) is 3. The van der Waals surface area contributed by atoms with E-state index < -0.39 is 0 Å². The molecule has 1 N–H and O–H groups in total. The molecule has 0 heterocycles. The van der Waals surface area contributed by atoms with Gasteiger partial charge in [0.2, 0.25) is 0 Å². The van der Waals surface area contributed by atoms with Crippen LogP contribution < -0.4 is 14.8 Å². The van der Waals surface area contributed by atoms with Crippen LogP contribution in [-0.2, 0) is 13.2 Å². The Bertz CT molecular complexity index is 900. The molecule has 0 fully saturated rings. The molecule has 0 saturated carbocycles. The summed E-state index contributed by atoms with van der Waals surface area (Å²) in [6, 6.07) is 20.8. The number of halogens is 2. The Labute approximate surface area is 173 Å². The van der Waals surface area contributed by atoms with Crippen molar-refractivity contribution in [2.75, 3.05) is 7.11 Å². The van der Waals surface area contributed by atoms with E-state index in [2.05, 4.69) is 40.3 Å². The van der Waals surface area contributed by atoms with Crippen molar-refractivity contribution in [1.29, 1.82) is 0 Å². The molecular formula is C23H23BrFNO2. The van der Waals surface area contributed by atoms with Gasteiger partial charge in [-0.05, 0) is 63.8 Å². The van der Waals surface area contributed by atoms with Gasteiger partial charge in [0.1, 0.15) is 12.4 Å². The van der Waals surface area contributed by atoms with Crippen LogP contribution in [0, 0.1) is 5.82 Å². The van der Waals surface area contributed by atoms with Gasteiger partial charge in [-0.2, -0.15) is 0 Å². The van der Waals surface area contributed by atoms with Crippen molar-refractivity contribution in [2.24, 2.45) is 0 Å². The number of ether oxygens (including phenoxy) is 2. The van der Waals surface area contributed by atoms with Crippen molar-refractivity contribution in [3.63, 3.8) is 0 Å². The first-order chi connectivity index (χ1) is 13.6. The minimum absolute atomic E-state index is 0.236. The van der Waals surface area contributed by atoms with Crippen molar-refractivity contribution < 1.29 is 13.9 Å². The lowest BCUT2D eigenvalue weighted by Gasteiger charge is -2.17. The standard InChI is InChI=1S/C23H23BrFNO2/c1-16(19-6-4-3-5-7-19)26-14-18-12-21(24)23(22(13-18)27-2)28-15-17-8-10-20(25)11-9-17/h3-13,16,26H,14-15H2,1-2H3/t16-/m1/s1. The van der Waals surface area contributed by atoms with Crippen molar-refractivity contribution in [3.8, 4) is 11.5 Å². The molecule has 3 aromatic rings. The Morgan fingerprint density at radius 2 is 1.71 bits per heavy atom. The van der Waals surface area contributed by atoms with Gasteiger partial charge < -0.3 is 14.8 Å². The van der Waals surface area contributed by atoms with Gasteiger partial charge >= 0.3 is 0 Å². The summed E-state index contributed by atoms with van der Waals surface area (Å²) in [5.74, 6) is 1.02. The molecule has 0 amide bonds. The summed E-state index contributed by atoms with van der Waals surface area (Å²) < 4.78 is 25.3. The Kier molecular flexibility index (Phi) is 7.06. The minimum atomic E-state index is -0.260. The van der Waals surface area contributed by atoms with Gasteiger partial charge in [0.25, 0.3) is 0 Å². The fraction of sp³-hybridized carbons (Fsp3) is 0.217. The van der Waals surface area contributed by atoms with E-state index in [9.17, 15) is 4.39 Å². The Balaban J connectivity index is 1.67. The number of methoxy groups -OCH3 is 1. The summed E-state index contributed by atoms with van der Waals surface area (Å²) in [5, 5.41) is 3.52. The summed E-state index contributed by atoms with van der Waals surface area (Å²) in [6.07, 6.45) is 0. The van der Waals surface area contributed by atoms with Crippen LogP contribution in [0.25, 0.3) is 0 Å². The molecule has 3 nitrogen and oxygen atoms in total. The van der Waals surface area contributed by atoms with E-state index in [0.717, 1.165) is 15.6 Å². The highest BCUT2D eigenvalue weighted by Crippen LogP contribution is 2.37. The van der Waals surface area contributed by atoms with Gasteiger partial charge in [-0.3, -0.25) is 0 Å². The highest BCUT2D eigenvalue weighted by atomic mass is 79.9. The maximum Gasteiger partial charge on any atom is 0.175 e. The van der Waals surface area contributed by atoms with E-state index in [1.807, 2.05) is 30.3 Å². The van der Waals surface area contributed by atoms with Crippen LogP contribution in [-0.4, -0.2) is 7.11 Å². The van der Waals surface area contributed by atoms with Crippen molar-refractivity contribution >= 4 is 15.9 Å². The van der Waals surface area contributed by atoms with Crippen LogP contribution in [0.5, 0.6) is 11.5 Å². The van der Waals surface area contributed by atoms with Gasteiger partial charge in [0.15, 0.2) is 11.5 Å². The molecule has 0 aliphatic heterocycles. The second-order valence-corrected chi connectivity index (χ2v) is 7.39. The number of benzene rings is 3. The first-order valence-corrected chi connectivity index (χ1v) is 9.88. The zero-order valence-corrected chi connectivity index (χ0v) is 17.5. The number of rotatable bonds is 8. The first-order valence-electron chi connectivity index (χ1n) is 9.09. The lowest BCUT2D eigenvalue weighted by Crippen LogP contribution is -2.18. The summed E-state index contributed by atoms with van der Waals surface area (Å²) in [7, 11) is 1.62. The van der Waals surface area contributed by atoms with Crippen molar-refractivity contribution in [3.05, 3.63) is 93.7 Å². The Hall–Kier alpha value is -2.37. The minimum Gasteiger partial charge on any atom is -0.493 e. The molecule has 146 valence electrons. The van der Waals surface area contributed by atoms with Crippen LogP contribution >= 0.6 is 15.9 Å². The van der Waals surface area contributed by atoms with Gasteiger partial charge in [0.05, 0.1) is 11.6 Å². The largest absolute Gasteiger partial charge is 0.493 e. The molecule has 0 aliphatic rings.